The van der Waals surface area contributed by atoms with Gasteiger partial charge in [0.05, 0.1) is 13.2 Å². The highest BCUT2D eigenvalue weighted by Gasteiger charge is 2.35. The smallest absolute Gasteiger partial charge is 0.119 e. The van der Waals surface area contributed by atoms with Crippen LogP contribution in [0.25, 0.3) is 0 Å². The van der Waals surface area contributed by atoms with Gasteiger partial charge >= 0.3 is 0 Å². The minimum atomic E-state index is -0.394. The molecule has 1 aliphatic carbocycles. The summed E-state index contributed by atoms with van der Waals surface area (Å²) in [5.74, 6) is 1.33. The SMILES string of the molecule is CCCCCOCCOc1ccc([C@@H]2CC[C@@](N)(CO)C2)cc1. The van der Waals surface area contributed by atoms with Crippen molar-refractivity contribution in [3.63, 3.8) is 0 Å². The monoisotopic (exact) mass is 321 g/mol. The number of benzene rings is 1. The summed E-state index contributed by atoms with van der Waals surface area (Å²) in [6.07, 6.45) is 6.36. The summed E-state index contributed by atoms with van der Waals surface area (Å²) < 4.78 is 11.2. The third-order valence-electron chi connectivity index (χ3n) is 4.70. The lowest BCUT2D eigenvalue weighted by molar-refractivity contribution is 0.0973. The fraction of sp³-hybridized carbons (Fsp3) is 0.684. The van der Waals surface area contributed by atoms with E-state index < -0.39 is 5.54 Å². The lowest BCUT2D eigenvalue weighted by Gasteiger charge is -2.21. The molecular weight excluding hydrogens is 290 g/mol. The van der Waals surface area contributed by atoms with Gasteiger partial charge in [-0.05, 0) is 49.3 Å². The number of nitrogens with two attached hydrogens (primary N) is 1. The zero-order valence-corrected chi connectivity index (χ0v) is 14.3. The van der Waals surface area contributed by atoms with Gasteiger partial charge in [0.25, 0.3) is 0 Å². The van der Waals surface area contributed by atoms with Gasteiger partial charge in [0.2, 0.25) is 0 Å². The Bertz CT molecular complexity index is 448. The summed E-state index contributed by atoms with van der Waals surface area (Å²) in [7, 11) is 0. The van der Waals surface area contributed by atoms with Crippen molar-refractivity contribution in [1.29, 1.82) is 0 Å². The summed E-state index contributed by atoms with van der Waals surface area (Å²) in [4.78, 5) is 0. The molecule has 23 heavy (non-hydrogen) atoms. The third kappa shape index (κ3) is 5.79. The second-order valence-electron chi connectivity index (χ2n) is 6.70. The molecule has 1 aromatic rings. The molecule has 0 aliphatic heterocycles. The van der Waals surface area contributed by atoms with E-state index in [2.05, 4.69) is 19.1 Å². The molecule has 0 heterocycles. The van der Waals surface area contributed by atoms with E-state index in [1.807, 2.05) is 12.1 Å². The van der Waals surface area contributed by atoms with Gasteiger partial charge in [-0.3, -0.25) is 0 Å². The fourth-order valence-corrected chi connectivity index (χ4v) is 3.20. The summed E-state index contributed by atoms with van der Waals surface area (Å²) >= 11 is 0. The molecule has 0 bridgehead atoms. The van der Waals surface area contributed by atoms with Crippen LogP contribution in [-0.4, -0.2) is 37.1 Å². The summed E-state index contributed by atoms with van der Waals surface area (Å²) in [6.45, 7) is 4.31. The normalized spacial score (nSPS) is 24.0. The van der Waals surface area contributed by atoms with Gasteiger partial charge in [0.1, 0.15) is 12.4 Å². The molecule has 0 unspecified atom stereocenters. The van der Waals surface area contributed by atoms with E-state index in [-0.39, 0.29) is 6.61 Å². The van der Waals surface area contributed by atoms with E-state index in [0.717, 1.165) is 38.0 Å². The maximum Gasteiger partial charge on any atom is 0.119 e. The van der Waals surface area contributed by atoms with Crippen LogP contribution in [-0.2, 0) is 4.74 Å². The van der Waals surface area contributed by atoms with Gasteiger partial charge in [0.15, 0.2) is 0 Å². The third-order valence-corrected chi connectivity index (χ3v) is 4.70. The first kappa shape index (κ1) is 18.2. The Morgan fingerprint density at radius 2 is 1.96 bits per heavy atom. The number of aliphatic hydroxyl groups excluding tert-OH is 1. The van der Waals surface area contributed by atoms with Gasteiger partial charge in [0, 0.05) is 12.1 Å². The Kier molecular flexibility index (Phi) is 7.34. The van der Waals surface area contributed by atoms with Crippen LogP contribution in [0.3, 0.4) is 0 Å². The average Bonchev–Trinajstić information content (AvgIpc) is 2.98. The van der Waals surface area contributed by atoms with Gasteiger partial charge in [-0.2, -0.15) is 0 Å². The second kappa shape index (κ2) is 9.26. The molecule has 0 aromatic heterocycles. The fourth-order valence-electron chi connectivity index (χ4n) is 3.20. The Morgan fingerprint density at radius 3 is 2.61 bits per heavy atom. The number of hydrogen-bond acceptors (Lipinski definition) is 4. The van der Waals surface area contributed by atoms with Crippen molar-refractivity contribution < 1.29 is 14.6 Å². The van der Waals surface area contributed by atoms with Crippen molar-refractivity contribution in [3.05, 3.63) is 29.8 Å². The van der Waals surface area contributed by atoms with E-state index in [0.29, 0.717) is 19.1 Å². The molecule has 2 atom stereocenters. The average molecular weight is 321 g/mol. The van der Waals surface area contributed by atoms with Crippen LogP contribution in [0.4, 0.5) is 0 Å². The quantitative estimate of drug-likeness (QED) is 0.649. The first-order chi connectivity index (χ1) is 11.2. The van der Waals surface area contributed by atoms with Crippen molar-refractivity contribution in [2.24, 2.45) is 5.73 Å². The summed E-state index contributed by atoms with van der Waals surface area (Å²) in [5.41, 5.74) is 7.04. The molecule has 1 aromatic carbocycles. The Morgan fingerprint density at radius 1 is 1.17 bits per heavy atom. The Balaban J connectivity index is 1.69. The van der Waals surface area contributed by atoms with Crippen LogP contribution in [0, 0.1) is 0 Å². The molecule has 0 saturated heterocycles. The first-order valence-electron chi connectivity index (χ1n) is 8.87. The van der Waals surface area contributed by atoms with E-state index in [1.54, 1.807) is 0 Å². The highest BCUT2D eigenvalue weighted by Crippen LogP contribution is 2.39. The molecule has 130 valence electrons. The van der Waals surface area contributed by atoms with Crippen LogP contribution in [0.15, 0.2) is 24.3 Å². The number of aliphatic hydroxyl groups is 1. The molecule has 1 saturated carbocycles. The maximum absolute atomic E-state index is 9.37. The lowest BCUT2D eigenvalue weighted by atomic mass is 9.94. The molecule has 3 N–H and O–H groups in total. The van der Waals surface area contributed by atoms with Crippen molar-refractivity contribution in [1.82, 2.24) is 0 Å². The number of rotatable bonds is 10. The van der Waals surface area contributed by atoms with Crippen LogP contribution in [0.2, 0.25) is 0 Å². The molecular formula is C19H31NO3. The minimum Gasteiger partial charge on any atom is -0.491 e. The van der Waals surface area contributed by atoms with E-state index in [9.17, 15) is 5.11 Å². The number of ether oxygens (including phenoxy) is 2. The Hall–Kier alpha value is -1.10. The summed E-state index contributed by atoms with van der Waals surface area (Å²) in [6, 6.07) is 8.26. The highest BCUT2D eigenvalue weighted by molar-refractivity contribution is 5.30. The molecule has 0 radical (unpaired) electrons. The zero-order chi connectivity index (χ0) is 16.5. The van der Waals surface area contributed by atoms with E-state index in [4.69, 9.17) is 15.2 Å². The largest absolute Gasteiger partial charge is 0.491 e. The van der Waals surface area contributed by atoms with Gasteiger partial charge in [-0.15, -0.1) is 0 Å². The topological polar surface area (TPSA) is 64.7 Å². The van der Waals surface area contributed by atoms with Crippen molar-refractivity contribution in [2.45, 2.75) is 56.9 Å². The molecule has 0 amide bonds. The standard InChI is InChI=1S/C19H31NO3/c1-2-3-4-11-22-12-13-23-18-7-5-16(6-8-18)17-9-10-19(20,14-17)15-21/h5-8,17,21H,2-4,9-15,20H2,1H3/t17-,19+/m1/s1. The minimum absolute atomic E-state index is 0.0724. The molecule has 1 fully saturated rings. The maximum atomic E-state index is 9.37. The predicted molar refractivity (Wildman–Crippen MR) is 92.9 cm³/mol. The first-order valence-corrected chi connectivity index (χ1v) is 8.87. The highest BCUT2D eigenvalue weighted by atomic mass is 16.5. The molecule has 0 spiro atoms. The van der Waals surface area contributed by atoms with Crippen LogP contribution >= 0.6 is 0 Å². The molecule has 4 nitrogen and oxygen atoms in total. The van der Waals surface area contributed by atoms with E-state index in [1.165, 1.54) is 18.4 Å². The lowest BCUT2D eigenvalue weighted by Crippen LogP contribution is -2.40. The van der Waals surface area contributed by atoms with Crippen LogP contribution in [0.1, 0.15) is 56.9 Å². The second-order valence-corrected chi connectivity index (χ2v) is 6.70. The van der Waals surface area contributed by atoms with Gasteiger partial charge in [-0.25, -0.2) is 0 Å². The van der Waals surface area contributed by atoms with Gasteiger partial charge in [-0.1, -0.05) is 31.9 Å². The van der Waals surface area contributed by atoms with E-state index >= 15 is 0 Å². The van der Waals surface area contributed by atoms with Crippen molar-refractivity contribution in [2.75, 3.05) is 26.4 Å². The molecule has 2 rings (SSSR count). The van der Waals surface area contributed by atoms with Crippen molar-refractivity contribution >= 4 is 0 Å². The van der Waals surface area contributed by atoms with Crippen LogP contribution in [0.5, 0.6) is 5.75 Å². The molecule has 4 heteroatoms. The van der Waals surface area contributed by atoms with Crippen molar-refractivity contribution in [3.8, 4) is 5.75 Å². The zero-order valence-electron chi connectivity index (χ0n) is 14.3. The van der Waals surface area contributed by atoms with Crippen LogP contribution < -0.4 is 10.5 Å². The molecule has 1 aliphatic rings. The predicted octanol–water partition coefficient (Wildman–Crippen LogP) is 3.23. The van der Waals surface area contributed by atoms with Gasteiger partial charge < -0.3 is 20.3 Å². The number of unbranched alkanes of at least 4 members (excludes halogenated alkanes) is 2. The summed E-state index contributed by atoms with van der Waals surface area (Å²) in [5, 5.41) is 9.37. The Labute approximate surface area is 140 Å². The number of hydrogen-bond donors (Lipinski definition) is 2.